The van der Waals surface area contributed by atoms with Gasteiger partial charge in [0.25, 0.3) is 0 Å². The Kier molecular flexibility index (Phi) is 4.90. The van der Waals surface area contributed by atoms with E-state index in [9.17, 15) is 4.39 Å². The van der Waals surface area contributed by atoms with Gasteiger partial charge < -0.3 is 5.32 Å². The molecular formula is C16H22FN3. The van der Waals surface area contributed by atoms with E-state index >= 15 is 0 Å². The highest BCUT2D eigenvalue weighted by Gasteiger charge is 2.18. The minimum Gasteiger partial charge on any atom is -0.305 e. The molecule has 0 aliphatic rings. The van der Waals surface area contributed by atoms with Crippen LogP contribution in [0.15, 0.2) is 30.3 Å². The highest BCUT2D eigenvalue weighted by Crippen LogP contribution is 2.23. The lowest BCUT2D eigenvalue weighted by Gasteiger charge is -2.20. The number of nitrogens with one attached hydrogen (secondary N) is 1. The molecule has 0 spiro atoms. The second kappa shape index (κ2) is 6.66. The van der Waals surface area contributed by atoms with Crippen LogP contribution in [0.2, 0.25) is 0 Å². The van der Waals surface area contributed by atoms with Crippen molar-refractivity contribution in [3.63, 3.8) is 0 Å². The summed E-state index contributed by atoms with van der Waals surface area (Å²) in [4.78, 5) is 0. The Hall–Kier alpha value is -1.68. The molecule has 1 aromatic carbocycles. The number of hydrogen-bond donors (Lipinski definition) is 1. The Morgan fingerprint density at radius 3 is 2.75 bits per heavy atom. The first kappa shape index (κ1) is 14.7. The van der Waals surface area contributed by atoms with E-state index in [0.717, 1.165) is 36.5 Å². The van der Waals surface area contributed by atoms with Crippen molar-refractivity contribution in [3.8, 4) is 0 Å². The van der Waals surface area contributed by atoms with Crippen molar-refractivity contribution in [1.82, 2.24) is 15.1 Å². The van der Waals surface area contributed by atoms with Crippen LogP contribution in [-0.4, -0.2) is 16.3 Å². The summed E-state index contributed by atoms with van der Waals surface area (Å²) in [6.07, 6.45) is 1.03. The van der Waals surface area contributed by atoms with Crippen LogP contribution >= 0.6 is 0 Å². The maximum absolute atomic E-state index is 13.5. The average molecular weight is 275 g/mol. The van der Waals surface area contributed by atoms with E-state index < -0.39 is 0 Å². The number of rotatable bonds is 6. The van der Waals surface area contributed by atoms with E-state index in [4.69, 9.17) is 0 Å². The van der Waals surface area contributed by atoms with Crippen molar-refractivity contribution in [2.75, 3.05) is 6.54 Å². The predicted molar refractivity (Wildman–Crippen MR) is 79.2 cm³/mol. The molecule has 108 valence electrons. The Morgan fingerprint density at radius 1 is 1.30 bits per heavy atom. The summed E-state index contributed by atoms with van der Waals surface area (Å²) in [7, 11) is 0. The lowest BCUT2D eigenvalue weighted by Crippen LogP contribution is -2.25. The first-order chi connectivity index (χ1) is 9.65. The molecule has 1 aromatic heterocycles. The van der Waals surface area contributed by atoms with Crippen molar-refractivity contribution < 1.29 is 4.39 Å². The molecule has 0 radical (unpaired) electrons. The second-order valence-corrected chi connectivity index (χ2v) is 4.97. The topological polar surface area (TPSA) is 29.9 Å². The molecule has 1 N–H and O–H groups in total. The molecule has 2 rings (SSSR count). The summed E-state index contributed by atoms with van der Waals surface area (Å²) in [5.74, 6) is -0.204. The quantitative estimate of drug-likeness (QED) is 0.875. The van der Waals surface area contributed by atoms with Gasteiger partial charge in [0.1, 0.15) is 5.82 Å². The smallest absolute Gasteiger partial charge is 0.123 e. The largest absolute Gasteiger partial charge is 0.305 e. The lowest BCUT2D eigenvalue weighted by atomic mass is 10.0. The highest BCUT2D eigenvalue weighted by molar-refractivity contribution is 5.29. The van der Waals surface area contributed by atoms with Gasteiger partial charge in [-0.25, -0.2) is 4.39 Å². The van der Waals surface area contributed by atoms with Crippen molar-refractivity contribution in [2.45, 2.75) is 39.8 Å². The molecule has 1 unspecified atom stereocenters. The van der Waals surface area contributed by atoms with Gasteiger partial charge in [-0.3, -0.25) is 4.68 Å². The van der Waals surface area contributed by atoms with E-state index in [1.807, 2.05) is 17.7 Å². The molecule has 2 aromatic rings. The first-order valence-electron chi connectivity index (χ1n) is 7.18. The fourth-order valence-corrected chi connectivity index (χ4v) is 2.42. The SMILES string of the molecule is CCCNC(c1cccc(F)c1)c1cc(C)nn1CC. The van der Waals surface area contributed by atoms with Gasteiger partial charge in [0, 0.05) is 6.54 Å². The van der Waals surface area contributed by atoms with Gasteiger partial charge in [0.15, 0.2) is 0 Å². The van der Waals surface area contributed by atoms with Crippen LogP contribution in [0.5, 0.6) is 0 Å². The average Bonchev–Trinajstić information content (AvgIpc) is 2.80. The van der Waals surface area contributed by atoms with Crippen LogP contribution in [0.3, 0.4) is 0 Å². The zero-order valence-electron chi connectivity index (χ0n) is 12.4. The third kappa shape index (κ3) is 3.25. The summed E-state index contributed by atoms with van der Waals surface area (Å²) in [5.41, 5.74) is 3.01. The normalized spacial score (nSPS) is 12.6. The van der Waals surface area contributed by atoms with Crippen LogP contribution in [0.4, 0.5) is 4.39 Å². The van der Waals surface area contributed by atoms with Gasteiger partial charge in [0.05, 0.1) is 17.4 Å². The Morgan fingerprint density at radius 2 is 2.10 bits per heavy atom. The zero-order valence-corrected chi connectivity index (χ0v) is 12.4. The third-order valence-electron chi connectivity index (χ3n) is 3.31. The lowest BCUT2D eigenvalue weighted by molar-refractivity contribution is 0.525. The summed E-state index contributed by atoms with van der Waals surface area (Å²) >= 11 is 0. The Bertz CT molecular complexity index is 563. The standard InChI is InChI=1S/C16H22FN3/c1-4-9-18-16(13-7-6-8-14(17)11-13)15-10-12(3)19-20(15)5-2/h6-8,10-11,16,18H,4-5,9H2,1-3H3. The molecule has 1 heterocycles. The van der Waals surface area contributed by atoms with E-state index in [-0.39, 0.29) is 11.9 Å². The Balaban J connectivity index is 2.41. The van der Waals surface area contributed by atoms with Crippen molar-refractivity contribution in [1.29, 1.82) is 0 Å². The van der Waals surface area contributed by atoms with E-state index in [0.29, 0.717) is 0 Å². The highest BCUT2D eigenvalue weighted by atomic mass is 19.1. The molecule has 0 bridgehead atoms. The van der Waals surface area contributed by atoms with Gasteiger partial charge in [-0.1, -0.05) is 19.1 Å². The van der Waals surface area contributed by atoms with Crippen LogP contribution < -0.4 is 5.32 Å². The molecule has 4 heteroatoms. The fourth-order valence-electron chi connectivity index (χ4n) is 2.42. The maximum Gasteiger partial charge on any atom is 0.123 e. The summed E-state index contributed by atoms with van der Waals surface area (Å²) in [6, 6.07) is 8.83. The molecule has 0 fully saturated rings. The molecule has 0 saturated heterocycles. The summed E-state index contributed by atoms with van der Waals surface area (Å²) in [5, 5.41) is 7.98. The van der Waals surface area contributed by atoms with Crippen LogP contribution in [0, 0.1) is 12.7 Å². The maximum atomic E-state index is 13.5. The molecule has 1 atom stereocenters. The van der Waals surface area contributed by atoms with E-state index in [1.54, 1.807) is 12.1 Å². The van der Waals surface area contributed by atoms with Gasteiger partial charge in [0.2, 0.25) is 0 Å². The molecule has 0 aliphatic carbocycles. The van der Waals surface area contributed by atoms with Crippen molar-refractivity contribution in [2.24, 2.45) is 0 Å². The van der Waals surface area contributed by atoms with E-state index in [1.165, 1.54) is 6.07 Å². The van der Waals surface area contributed by atoms with E-state index in [2.05, 4.69) is 30.3 Å². The van der Waals surface area contributed by atoms with Crippen LogP contribution in [-0.2, 0) is 6.54 Å². The van der Waals surface area contributed by atoms with Gasteiger partial charge in [-0.15, -0.1) is 0 Å². The van der Waals surface area contributed by atoms with Crippen LogP contribution in [0.1, 0.15) is 43.3 Å². The molecule has 20 heavy (non-hydrogen) atoms. The van der Waals surface area contributed by atoms with Crippen molar-refractivity contribution in [3.05, 3.63) is 53.1 Å². The summed E-state index contributed by atoms with van der Waals surface area (Å²) in [6.45, 7) is 7.87. The number of halogens is 1. The molecule has 3 nitrogen and oxygen atoms in total. The molecule has 0 saturated carbocycles. The first-order valence-corrected chi connectivity index (χ1v) is 7.18. The monoisotopic (exact) mass is 275 g/mol. The summed E-state index contributed by atoms with van der Waals surface area (Å²) < 4.78 is 15.5. The van der Waals surface area contributed by atoms with Gasteiger partial charge in [-0.05, 0) is 50.6 Å². The van der Waals surface area contributed by atoms with Gasteiger partial charge >= 0.3 is 0 Å². The minimum absolute atomic E-state index is 0.0215. The third-order valence-corrected chi connectivity index (χ3v) is 3.31. The molecule has 0 amide bonds. The molecular weight excluding hydrogens is 253 g/mol. The number of hydrogen-bond acceptors (Lipinski definition) is 2. The number of aryl methyl sites for hydroxylation is 2. The fraction of sp³-hybridized carbons (Fsp3) is 0.438. The number of nitrogens with zero attached hydrogens (tertiary/aromatic N) is 2. The minimum atomic E-state index is -0.204. The van der Waals surface area contributed by atoms with Crippen molar-refractivity contribution >= 4 is 0 Å². The number of benzene rings is 1. The molecule has 0 aliphatic heterocycles. The zero-order chi connectivity index (χ0) is 14.5. The van der Waals surface area contributed by atoms with Crippen LogP contribution in [0.25, 0.3) is 0 Å². The number of aromatic nitrogens is 2. The second-order valence-electron chi connectivity index (χ2n) is 4.97. The predicted octanol–water partition coefficient (Wildman–Crippen LogP) is 3.44. The Labute approximate surface area is 119 Å². The van der Waals surface area contributed by atoms with Gasteiger partial charge in [-0.2, -0.15) is 5.10 Å².